The Labute approximate surface area is 214 Å². The number of hydrogen-bond acceptors (Lipinski definition) is 2. The van der Waals surface area contributed by atoms with Gasteiger partial charge >= 0.3 is 0 Å². The molecule has 0 spiro atoms. The van der Waals surface area contributed by atoms with Crippen molar-refractivity contribution in [1.82, 2.24) is 0 Å². The molecule has 0 N–H and O–H groups in total. The number of fused-ring (bicyclic) bond motifs is 1. The van der Waals surface area contributed by atoms with Crippen molar-refractivity contribution in [2.45, 2.75) is 9.22 Å². The van der Waals surface area contributed by atoms with Crippen molar-refractivity contribution in [3.63, 3.8) is 0 Å². The third-order valence-electron chi connectivity index (χ3n) is 7.73. The van der Waals surface area contributed by atoms with Crippen molar-refractivity contribution in [1.29, 1.82) is 0 Å². The minimum Gasteiger partial charge on any atom is -0.292 e. The Bertz CT molecular complexity index is 2110. The molecule has 0 heterocycles. The maximum Gasteiger partial charge on any atom is 0.188 e. The Morgan fingerprint density at radius 1 is 0.629 bits per heavy atom. The van der Waals surface area contributed by atoms with Gasteiger partial charge in [0, 0.05) is 15.8 Å². The van der Waals surface area contributed by atoms with Gasteiger partial charge < -0.3 is 0 Å². The van der Waals surface area contributed by atoms with E-state index in [0.717, 1.165) is 42.8 Å². The molecule has 0 fully saturated rings. The summed E-state index contributed by atoms with van der Waals surface area (Å²) in [6, 6.07) is 31.7. The van der Waals surface area contributed by atoms with Crippen LogP contribution in [0.3, 0.4) is 0 Å². The predicted molar refractivity (Wildman–Crippen MR) is 153 cm³/mol. The highest BCUT2D eigenvalue weighted by molar-refractivity contribution is 9.10. The van der Waals surface area contributed by atoms with E-state index in [1.807, 2.05) is 18.2 Å². The zero-order chi connectivity index (χ0) is 23.5. The third-order valence-corrected chi connectivity index (χ3v) is 9.23. The Kier molecular flexibility index (Phi) is 3.76. The molecule has 0 saturated heterocycles. The lowest BCUT2D eigenvalue weighted by atomic mass is 9.79. The highest BCUT2D eigenvalue weighted by atomic mass is 79.9. The fourth-order valence-electron chi connectivity index (χ4n) is 6.17. The molecular weight excluding hydrogens is 512 g/mol. The van der Waals surface area contributed by atoms with Crippen molar-refractivity contribution in [3.05, 3.63) is 107 Å². The smallest absolute Gasteiger partial charge is 0.188 e. The summed E-state index contributed by atoms with van der Waals surface area (Å²) in [7, 11) is 0. The van der Waals surface area contributed by atoms with E-state index in [2.05, 4.69) is 94.8 Å². The van der Waals surface area contributed by atoms with Crippen LogP contribution in [0, 0.1) is 0 Å². The normalized spacial score (nSPS) is 17.8. The molecule has 1 aliphatic carbocycles. The summed E-state index contributed by atoms with van der Waals surface area (Å²) in [6.07, 6.45) is 2.08. The first-order valence-corrected chi connectivity index (χ1v) is 12.9. The summed E-state index contributed by atoms with van der Waals surface area (Å²) in [5, 5.41) is 12.7. The summed E-state index contributed by atoms with van der Waals surface area (Å²) in [4.78, 5) is 15.2. The van der Waals surface area contributed by atoms with Gasteiger partial charge in [0.15, 0.2) is 5.78 Å². The molecule has 35 heavy (non-hydrogen) atoms. The van der Waals surface area contributed by atoms with Crippen LogP contribution >= 0.6 is 28.6 Å². The number of hydrogen-bond donors (Lipinski definition) is 1. The number of rotatable bonds is 1. The first kappa shape index (κ1) is 19.9. The molecule has 0 radical (unpaired) electrons. The van der Waals surface area contributed by atoms with Gasteiger partial charge in [0.2, 0.25) is 0 Å². The van der Waals surface area contributed by atoms with Crippen LogP contribution in [0.1, 0.15) is 15.9 Å². The zero-order valence-electron chi connectivity index (χ0n) is 18.5. The summed E-state index contributed by atoms with van der Waals surface area (Å²) < 4.78 is -0.987. The summed E-state index contributed by atoms with van der Waals surface area (Å²) in [5.74, 6) is 0.0496. The summed E-state index contributed by atoms with van der Waals surface area (Å²) in [5.41, 5.74) is 1.63. The SMILES string of the molecule is O=C1c2cc3ccc4cccc5cc6ccc(c2c6c3c45)=CC1(Br)c1ccc2ccccc2c1S. The number of Topliss-reactive ketones (excluding diaryl/α,β-unsaturated/α-hetero) is 1. The van der Waals surface area contributed by atoms with E-state index in [9.17, 15) is 4.79 Å². The van der Waals surface area contributed by atoms with Crippen LogP contribution in [0.25, 0.3) is 59.9 Å². The van der Waals surface area contributed by atoms with Gasteiger partial charge in [0.25, 0.3) is 0 Å². The zero-order valence-corrected chi connectivity index (χ0v) is 21.0. The van der Waals surface area contributed by atoms with Crippen molar-refractivity contribution >= 4 is 94.3 Å². The highest BCUT2D eigenvalue weighted by Crippen LogP contribution is 2.47. The standard InChI is InChI=1S/C32H17BrOS/c33-32(25-13-12-17-4-1-2-7-23(17)30(25)35)16-22-11-10-20-14-19-6-3-5-18-8-9-21-15-24(31(32)34)27(22)29(20)28(21)26(18)19/h1-16,35H. The Morgan fingerprint density at radius 3 is 2.20 bits per heavy atom. The quantitative estimate of drug-likeness (QED) is 0.0983. The molecule has 1 nitrogen and oxygen atoms in total. The first-order valence-electron chi connectivity index (χ1n) is 11.7. The molecule has 164 valence electrons. The van der Waals surface area contributed by atoms with Crippen LogP contribution in [0.15, 0.2) is 95.9 Å². The van der Waals surface area contributed by atoms with Crippen LogP contribution in [0.2, 0.25) is 0 Å². The minimum absolute atomic E-state index is 0.0496. The summed E-state index contributed by atoms with van der Waals surface area (Å²) in [6.45, 7) is 0. The molecule has 1 unspecified atom stereocenters. The van der Waals surface area contributed by atoms with Crippen LogP contribution in [0.4, 0.5) is 0 Å². The van der Waals surface area contributed by atoms with Gasteiger partial charge in [-0.1, -0.05) is 94.8 Å². The lowest BCUT2D eigenvalue weighted by Crippen LogP contribution is -2.34. The number of thiol groups is 1. The minimum atomic E-state index is -0.987. The average molecular weight is 529 g/mol. The highest BCUT2D eigenvalue weighted by Gasteiger charge is 2.41. The van der Waals surface area contributed by atoms with Crippen LogP contribution in [-0.2, 0) is 4.32 Å². The van der Waals surface area contributed by atoms with E-state index >= 15 is 0 Å². The number of alkyl halides is 1. The second kappa shape index (κ2) is 6.63. The van der Waals surface area contributed by atoms with Gasteiger partial charge in [-0.3, -0.25) is 4.79 Å². The Hall–Kier alpha value is -3.40. The van der Waals surface area contributed by atoms with Crippen molar-refractivity contribution in [2.75, 3.05) is 0 Å². The van der Waals surface area contributed by atoms with Gasteiger partial charge in [-0.05, 0) is 77.5 Å². The molecule has 1 atom stereocenters. The third kappa shape index (κ3) is 2.42. The Balaban J connectivity index is 1.54. The van der Waals surface area contributed by atoms with E-state index in [1.165, 1.54) is 32.3 Å². The molecule has 0 aliphatic heterocycles. The Morgan fingerprint density at radius 2 is 1.29 bits per heavy atom. The number of carbonyl (C=O) groups excluding carboxylic acids is 1. The van der Waals surface area contributed by atoms with Gasteiger partial charge in [0.1, 0.15) is 4.32 Å². The average Bonchev–Trinajstić information content (AvgIpc) is 2.88. The maximum atomic E-state index is 14.3. The molecule has 0 aromatic heterocycles. The first-order chi connectivity index (χ1) is 17.0. The maximum absolute atomic E-state index is 14.3. The number of benzene rings is 7. The van der Waals surface area contributed by atoms with Crippen molar-refractivity contribution in [2.24, 2.45) is 0 Å². The van der Waals surface area contributed by atoms with Gasteiger partial charge in [-0.2, -0.15) is 0 Å². The second-order valence-corrected chi connectivity index (χ2v) is 11.2. The molecule has 7 aromatic carbocycles. The molecule has 7 aromatic rings. The van der Waals surface area contributed by atoms with E-state index < -0.39 is 4.32 Å². The topological polar surface area (TPSA) is 17.1 Å². The number of ketones is 1. The second-order valence-electron chi connectivity index (χ2n) is 9.54. The van der Waals surface area contributed by atoms with Crippen molar-refractivity contribution in [3.8, 4) is 0 Å². The van der Waals surface area contributed by atoms with Gasteiger partial charge in [0.05, 0.1) is 0 Å². The molecule has 8 rings (SSSR count). The van der Waals surface area contributed by atoms with Gasteiger partial charge in [-0.25, -0.2) is 0 Å². The van der Waals surface area contributed by atoms with Crippen LogP contribution < -0.4 is 5.22 Å². The molecule has 0 amide bonds. The summed E-state index contributed by atoms with van der Waals surface area (Å²) >= 11 is 8.83. The molecule has 0 bridgehead atoms. The molecule has 3 heteroatoms. The molecule has 1 aliphatic rings. The van der Waals surface area contributed by atoms with E-state index in [0.29, 0.717) is 0 Å². The molecular formula is C32H17BrOS. The fourth-order valence-corrected chi connectivity index (χ4v) is 7.57. The number of carbonyl (C=O) groups is 1. The lowest BCUT2D eigenvalue weighted by Gasteiger charge is -2.30. The van der Waals surface area contributed by atoms with E-state index in [1.54, 1.807) is 0 Å². The predicted octanol–water partition coefficient (Wildman–Crippen LogP) is 8.17. The van der Waals surface area contributed by atoms with E-state index in [4.69, 9.17) is 12.6 Å². The largest absolute Gasteiger partial charge is 0.292 e. The molecule has 0 saturated carbocycles. The number of halogens is 1. The van der Waals surface area contributed by atoms with Crippen LogP contribution in [-0.4, -0.2) is 5.78 Å². The van der Waals surface area contributed by atoms with E-state index in [-0.39, 0.29) is 5.78 Å². The van der Waals surface area contributed by atoms with Crippen molar-refractivity contribution < 1.29 is 4.79 Å². The van der Waals surface area contributed by atoms with Gasteiger partial charge in [-0.15, -0.1) is 12.6 Å². The fraction of sp³-hybridized carbons (Fsp3) is 0.0312. The monoisotopic (exact) mass is 528 g/mol. The lowest BCUT2D eigenvalue weighted by molar-refractivity contribution is 0.0970. The van der Waals surface area contributed by atoms with Crippen LogP contribution in [0.5, 0.6) is 0 Å².